The predicted molar refractivity (Wildman–Crippen MR) is 169 cm³/mol. The number of carbonyl (C=O) groups excluding carboxylic acids is 1. The zero-order valence-corrected chi connectivity index (χ0v) is 24.6. The molecule has 4 aromatic carbocycles. The second kappa shape index (κ2) is 12.4. The Balaban J connectivity index is 1.34. The summed E-state index contributed by atoms with van der Waals surface area (Å²) in [7, 11) is 0. The van der Waals surface area contributed by atoms with Crippen molar-refractivity contribution in [2.24, 2.45) is 5.10 Å². The summed E-state index contributed by atoms with van der Waals surface area (Å²) in [6.45, 7) is 4.85. The molecule has 2 heterocycles. The summed E-state index contributed by atoms with van der Waals surface area (Å²) in [6, 6.07) is 31.2. The van der Waals surface area contributed by atoms with E-state index in [9.17, 15) is 4.79 Å². The number of ether oxygens (including phenoxy) is 2. The Labute approximate surface area is 255 Å². The van der Waals surface area contributed by atoms with E-state index in [1.165, 1.54) is 6.92 Å². The van der Waals surface area contributed by atoms with E-state index in [2.05, 4.69) is 4.90 Å². The molecular formula is C33H30Cl2N4O3. The SMILES string of the molecule is CC(=O)C1=NN(c2ccccc2)C(c2ccc(OCc3ccc(Cl)cc3)cc2)N1c1ccc(N2CCOCC2)c(Cl)c1. The summed E-state index contributed by atoms with van der Waals surface area (Å²) in [5.41, 5.74) is 4.55. The molecule has 9 heteroatoms. The smallest absolute Gasteiger partial charge is 0.198 e. The van der Waals surface area contributed by atoms with Crippen molar-refractivity contribution in [2.45, 2.75) is 19.7 Å². The number of Topliss-reactive ketones (excluding diaryl/α,β-unsaturated/α-hetero) is 1. The van der Waals surface area contributed by atoms with Crippen molar-refractivity contribution in [3.63, 3.8) is 0 Å². The highest BCUT2D eigenvalue weighted by Crippen LogP contribution is 2.41. The summed E-state index contributed by atoms with van der Waals surface area (Å²) >= 11 is 12.9. The minimum absolute atomic E-state index is 0.144. The highest BCUT2D eigenvalue weighted by molar-refractivity contribution is 6.44. The van der Waals surface area contributed by atoms with Crippen molar-refractivity contribution in [1.82, 2.24) is 0 Å². The third-order valence-corrected chi connectivity index (χ3v) is 7.86. The Bertz CT molecular complexity index is 1570. The molecule has 0 bridgehead atoms. The van der Waals surface area contributed by atoms with E-state index in [1.807, 2.05) is 107 Å². The van der Waals surface area contributed by atoms with Crippen molar-refractivity contribution < 1.29 is 14.3 Å². The first-order valence-corrected chi connectivity index (χ1v) is 14.6. The van der Waals surface area contributed by atoms with Gasteiger partial charge in [-0.2, -0.15) is 0 Å². The quantitative estimate of drug-likeness (QED) is 0.211. The van der Waals surface area contributed by atoms with Gasteiger partial charge in [-0.15, -0.1) is 5.10 Å². The standard InChI is InChI=1S/C33H30Cl2N4O3/c1-23(40)32-36-39(27-5-3-2-4-6-27)33(25-9-14-29(15-10-25)42-22-24-7-11-26(34)12-8-24)38(32)28-13-16-31(30(35)21-28)37-17-19-41-20-18-37/h2-16,21,33H,17-20,22H2,1H3. The van der Waals surface area contributed by atoms with Gasteiger partial charge >= 0.3 is 0 Å². The van der Waals surface area contributed by atoms with E-state index < -0.39 is 6.17 Å². The van der Waals surface area contributed by atoms with Crippen LogP contribution in [0.2, 0.25) is 10.0 Å². The van der Waals surface area contributed by atoms with Crippen LogP contribution in [0, 0.1) is 0 Å². The molecule has 1 atom stereocenters. The third kappa shape index (κ3) is 5.95. The van der Waals surface area contributed by atoms with Crippen LogP contribution in [0.5, 0.6) is 5.75 Å². The van der Waals surface area contributed by atoms with Crippen molar-refractivity contribution in [3.8, 4) is 5.75 Å². The minimum Gasteiger partial charge on any atom is -0.489 e. The lowest BCUT2D eigenvalue weighted by atomic mass is 10.1. The monoisotopic (exact) mass is 600 g/mol. The fourth-order valence-electron chi connectivity index (χ4n) is 5.19. The lowest BCUT2D eigenvalue weighted by Crippen LogP contribution is -2.38. The van der Waals surface area contributed by atoms with Gasteiger partial charge < -0.3 is 14.4 Å². The van der Waals surface area contributed by atoms with Crippen LogP contribution in [0.15, 0.2) is 102 Å². The maximum absolute atomic E-state index is 13.0. The molecule has 0 aromatic heterocycles. The van der Waals surface area contributed by atoms with Gasteiger partial charge in [-0.05, 0) is 65.7 Å². The van der Waals surface area contributed by atoms with Crippen LogP contribution in [0.4, 0.5) is 17.1 Å². The zero-order valence-electron chi connectivity index (χ0n) is 23.1. The molecule has 2 aliphatic rings. The Morgan fingerprint density at radius 3 is 2.29 bits per heavy atom. The number of amidine groups is 1. The van der Waals surface area contributed by atoms with Crippen molar-refractivity contribution in [1.29, 1.82) is 0 Å². The van der Waals surface area contributed by atoms with Crippen LogP contribution in [-0.2, 0) is 16.1 Å². The van der Waals surface area contributed by atoms with Gasteiger partial charge in [0.1, 0.15) is 12.4 Å². The number of hydrazone groups is 1. The van der Waals surface area contributed by atoms with Crippen LogP contribution >= 0.6 is 23.2 Å². The first-order valence-electron chi connectivity index (χ1n) is 13.8. The van der Waals surface area contributed by atoms with Gasteiger partial charge in [0.15, 0.2) is 17.8 Å². The molecule has 0 radical (unpaired) electrons. The lowest BCUT2D eigenvalue weighted by Gasteiger charge is -2.33. The first-order chi connectivity index (χ1) is 20.5. The molecule has 0 aliphatic carbocycles. The molecule has 42 heavy (non-hydrogen) atoms. The van der Waals surface area contributed by atoms with Crippen molar-refractivity contribution in [3.05, 3.63) is 118 Å². The fourth-order valence-corrected chi connectivity index (χ4v) is 5.61. The molecule has 0 saturated carbocycles. The van der Waals surface area contributed by atoms with E-state index in [1.54, 1.807) is 0 Å². The van der Waals surface area contributed by atoms with Gasteiger partial charge in [0.2, 0.25) is 0 Å². The number of hydrogen-bond donors (Lipinski definition) is 0. The topological polar surface area (TPSA) is 57.6 Å². The molecular weight excluding hydrogens is 571 g/mol. The fraction of sp³-hybridized carbons (Fsp3) is 0.212. The first kappa shape index (κ1) is 28.1. The largest absolute Gasteiger partial charge is 0.489 e. The highest BCUT2D eigenvalue weighted by Gasteiger charge is 2.39. The molecule has 1 fully saturated rings. The molecule has 214 valence electrons. The average Bonchev–Trinajstić information content (AvgIpc) is 3.43. The Hall–Kier alpha value is -4.04. The van der Waals surface area contributed by atoms with Crippen LogP contribution < -0.4 is 19.5 Å². The minimum atomic E-state index is -0.429. The number of ketones is 1. The summed E-state index contributed by atoms with van der Waals surface area (Å²) in [5.74, 6) is 0.923. The average molecular weight is 602 g/mol. The van der Waals surface area contributed by atoms with Gasteiger partial charge in [-0.25, -0.2) is 5.01 Å². The maximum Gasteiger partial charge on any atom is 0.198 e. The molecule has 2 aliphatic heterocycles. The third-order valence-electron chi connectivity index (χ3n) is 7.30. The predicted octanol–water partition coefficient (Wildman–Crippen LogP) is 7.34. The maximum atomic E-state index is 13.0. The molecule has 0 spiro atoms. The van der Waals surface area contributed by atoms with Gasteiger partial charge in [0.25, 0.3) is 0 Å². The van der Waals surface area contributed by atoms with Crippen LogP contribution in [-0.4, -0.2) is 37.9 Å². The van der Waals surface area contributed by atoms with E-state index in [0.717, 1.165) is 47.0 Å². The van der Waals surface area contributed by atoms with E-state index in [0.29, 0.717) is 35.7 Å². The number of morpholine rings is 1. The molecule has 4 aromatic rings. The number of halogens is 2. The highest BCUT2D eigenvalue weighted by atomic mass is 35.5. The number of hydrogen-bond acceptors (Lipinski definition) is 7. The molecule has 0 amide bonds. The number of rotatable bonds is 8. The lowest BCUT2D eigenvalue weighted by molar-refractivity contribution is -0.111. The van der Waals surface area contributed by atoms with Crippen LogP contribution in [0.3, 0.4) is 0 Å². The van der Waals surface area contributed by atoms with E-state index in [-0.39, 0.29) is 5.78 Å². The molecule has 0 N–H and O–H groups in total. The summed E-state index contributed by atoms with van der Waals surface area (Å²) in [5, 5.41) is 8.02. The Kier molecular flexibility index (Phi) is 8.33. The van der Waals surface area contributed by atoms with Crippen LogP contribution in [0.1, 0.15) is 24.2 Å². The summed E-state index contributed by atoms with van der Waals surface area (Å²) in [4.78, 5) is 17.2. The number of para-hydroxylation sites is 1. The van der Waals surface area contributed by atoms with Crippen molar-refractivity contribution >= 4 is 51.9 Å². The van der Waals surface area contributed by atoms with Gasteiger partial charge in [0, 0.05) is 30.7 Å². The van der Waals surface area contributed by atoms with Crippen LogP contribution in [0.25, 0.3) is 0 Å². The Morgan fingerprint density at radius 2 is 1.62 bits per heavy atom. The molecule has 6 rings (SSSR count). The van der Waals surface area contributed by atoms with E-state index in [4.69, 9.17) is 37.8 Å². The summed E-state index contributed by atoms with van der Waals surface area (Å²) in [6.07, 6.45) is -0.429. The van der Waals surface area contributed by atoms with E-state index >= 15 is 0 Å². The Morgan fingerprint density at radius 1 is 0.905 bits per heavy atom. The number of benzene rings is 4. The number of carbonyl (C=O) groups is 1. The molecule has 1 saturated heterocycles. The van der Waals surface area contributed by atoms with Gasteiger partial charge in [-0.1, -0.05) is 65.7 Å². The number of nitrogens with zero attached hydrogens (tertiary/aromatic N) is 4. The van der Waals surface area contributed by atoms with Gasteiger partial charge in [0.05, 0.1) is 29.6 Å². The second-order valence-electron chi connectivity index (χ2n) is 10.1. The second-order valence-corrected chi connectivity index (χ2v) is 11.0. The molecule has 1 unspecified atom stereocenters. The number of anilines is 3. The normalized spacial score (nSPS) is 16.9. The van der Waals surface area contributed by atoms with Crippen molar-refractivity contribution in [2.75, 3.05) is 41.1 Å². The molecule has 7 nitrogen and oxygen atoms in total. The van der Waals surface area contributed by atoms with Gasteiger partial charge in [-0.3, -0.25) is 9.69 Å². The summed E-state index contributed by atoms with van der Waals surface area (Å²) < 4.78 is 11.5. The zero-order chi connectivity index (χ0) is 29.1.